The largest absolute Gasteiger partial charge is 0.497 e. The highest BCUT2D eigenvalue weighted by Gasteiger charge is 2.01. The van der Waals surface area contributed by atoms with Crippen LogP contribution in [-0.2, 0) is 9.53 Å². The molecule has 0 fully saturated rings. The number of nitrogens with one attached hydrogen (secondary N) is 1. The van der Waals surface area contributed by atoms with Gasteiger partial charge in [0.15, 0.2) is 0 Å². The maximum Gasteiger partial charge on any atom is 0.220 e. The monoisotopic (exact) mass is 283 g/mol. The van der Waals surface area contributed by atoms with E-state index in [1.807, 2.05) is 24.3 Å². The summed E-state index contributed by atoms with van der Waals surface area (Å²) in [5.74, 6) is 1.72. The number of carbonyl (C=O) groups is 1. The maximum absolute atomic E-state index is 11.5. The summed E-state index contributed by atoms with van der Waals surface area (Å²) in [6, 6.07) is 7.85. The summed E-state index contributed by atoms with van der Waals surface area (Å²) >= 11 is 1.67. The molecule has 1 aromatic carbocycles. The van der Waals surface area contributed by atoms with Crippen LogP contribution in [-0.4, -0.2) is 39.0 Å². The highest BCUT2D eigenvalue weighted by Crippen LogP contribution is 2.21. The van der Waals surface area contributed by atoms with Crippen LogP contribution < -0.4 is 10.1 Å². The molecule has 19 heavy (non-hydrogen) atoms. The molecule has 0 saturated heterocycles. The molecule has 4 nitrogen and oxygen atoms in total. The Hall–Kier alpha value is -1.20. The molecule has 0 aliphatic heterocycles. The van der Waals surface area contributed by atoms with Crippen molar-refractivity contribution in [3.8, 4) is 5.75 Å². The van der Waals surface area contributed by atoms with E-state index in [-0.39, 0.29) is 5.91 Å². The zero-order valence-corrected chi connectivity index (χ0v) is 12.3. The fraction of sp³-hybridized carbons (Fsp3) is 0.500. The van der Waals surface area contributed by atoms with Crippen LogP contribution in [0.15, 0.2) is 29.2 Å². The van der Waals surface area contributed by atoms with Crippen LogP contribution in [0, 0.1) is 0 Å². The fourth-order valence-corrected chi connectivity index (χ4v) is 2.32. The standard InChI is InChI=1S/C14H21NO3S/c1-17-10-3-9-15-14(16)8-11-19-13-6-4-12(18-2)5-7-13/h4-7H,3,8-11H2,1-2H3,(H,15,16). The smallest absolute Gasteiger partial charge is 0.220 e. The van der Waals surface area contributed by atoms with Crippen molar-refractivity contribution in [1.82, 2.24) is 5.32 Å². The molecule has 1 amide bonds. The zero-order chi connectivity index (χ0) is 13.9. The number of amides is 1. The van der Waals surface area contributed by atoms with Gasteiger partial charge < -0.3 is 14.8 Å². The number of methoxy groups -OCH3 is 2. The number of thioether (sulfide) groups is 1. The third-order valence-corrected chi connectivity index (χ3v) is 3.52. The first-order valence-corrected chi connectivity index (χ1v) is 7.27. The summed E-state index contributed by atoms with van der Waals surface area (Å²) in [5, 5.41) is 2.87. The number of carbonyl (C=O) groups excluding carboxylic acids is 1. The van der Waals surface area contributed by atoms with Gasteiger partial charge in [0.1, 0.15) is 5.75 Å². The van der Waals surface area contributed by atoms with Gasteiger partial charge in [-0.15, -0.1) is 11.8 Å². The molecule has 0 spiro atoms. The number of rotatable bonds is 9. The minimum absolute atomic E-state index is 0.0946. The predicted octanol–water partition coefficient (Wildman–Crippen LogP) is 2.33. The van der Waals surface area contributed by atoms with E-state index in [1.165, 1.54) is 0 Å². The van der Waals surface area contributed by atoms with Gasteiger partial charge in [0, 0.05) is 37.3 Å². The van der Waals surface area contributed by atoms with Crippen LogP contribution in [0.3, 0.4) is 0 Å². The zero-order valence-electron chi connectivity index (χ0n) is 11.5. The van der Waals surface area contributed by atoms with Gasteiger partial charge in [0.05, 0.1) is 7.11 Å². The molecule has 0 unspecified atom stereocenters. The molecule has 0 radical (unpaired) electrons. The molecule has 1 aromatic rings. The Morgan fingerprint density at radius 3 is 2.63 bits per heavy atom. The van der Waals surface area contributed by atoms with E-state index < -0.39 is 0 Å². The highest BCUT2D eigenvalue weighted by molar-refractivity contribution is 7.99. The van der Waals surface area contributed by atoms with E-state index in [2.05, 4.69) is 5.32 Å². The summed E-state index contributed by atoms with van der Waals surface area (Å²) in [6.07, 6.45) is 1.39. The highest BCUT2D eigenvalue weighted by atomic mass is 32.2. The van der Waals surface area contributed by atoms with Crippen molar-refractivity contribution in [3.05, 3.63) is 24.3 Å². The minimum atomic E-state index is 0.0946. The van der Waals surface area contributed by atoms with E-state index in [4.69, 9.17) is 9.47 Å². The summed E-state index contributed by atoms with van der Waals surface area (Å²) < 4.78 is 10.0. The lowest BCUT2D eigenvalue weighted by Gasteiger charge is -2.05. The fourth-order valence-electron chi connectivity index (χ4n) is 1.47. The first-order valence-electron chi connectivity index (χ1n) is 6.28. The number of hydrogen-bond acceptors (Lipinski definition) is 4. The first-order chi connectivity index (χ1) is 9.26. The molecule has 0 aromatic heterocycles. The van der Waals surface area contributed by atoms with Gasteiger partial charge in [-0.25, -0.2) is 0 Å². The van der Waals surface area contributed by atoms with Gasteiger partial charge in [-0.05, 0) is 30.7 Å². The van der Waals surface area contributed by atoms with E-state index in [0.29, 0.717) is 19.6 Å². The first kappa shape index (κ1) is 15.9. The normalized spacial score (nSPS) is 10.2. The Labute approximate surface area is 118 Å². The molecule has 0 aliphatic rings. The Bertz CT molecular complexity index is 367. The van der Waals surface area contributed by atoms with Crippen LogP contribution in [0.2, 0.25) is 0 Å². The Morgan fingerprint density at radius 1 is 1.26 bits per heavy atom. The predicted molar refractivity (Wildman–Crippen MR) is 77.8 cm³/mol. The lowest BCUT2D eigenvalue weighted by atomic mass is 10.3. The molecule has 0 bridgehead atoms. The van der Waals surface area contributed by atoms with Gasteiger partial charge in [0.2, 0.25) is 5.91 Å². The molecule has 106 valence electrons. The number of ether oxygens (including phenoxy) is 2. The van der Waals surface area contributed by atoms with Gasteiger partial charge in [0.25, 0.3) is 0 Å². The van der Waals surface area contributed by atoms with Gasteiger partial charge in [-0.2, -0.15) is 0 Å². The van der Waals surface area contributed by atoms with E-state index >= 15 is 0 Å². The van der Waals surface area contributed by atoms with E-state index in [0.717, 1.165) is 22.8 Å². The van der Waals surface area contributed by atoms with Crippen LogP contribution in [0.1, 0.15) is 12.8 Å². The third kappa shape index (κ3) is 7.08. The lowest BCUT2D eigenvalue weighted by molar-refractivity contribution is -0.120. The van der Waals surface area contributed by atoms with Crippen molar-refractivity contribution in [2.75, 3.05) is 33.1 Å². The van der Waals surface area contributed by atoms with Crippen molar-refractivity contribution in [2.24, 2.45) is 0 Å². The summed E-state index contributed by atoms with van der Waals surface area (Å²) in [5.41, 5.74) is 0. The summed E-state index contributed by atoms with van der Waals surface area (Å²) in [6.45, 7) is 1.36. The Kier molecular flexibility index (Phi) is 8.09. The average Bonchev–Trinajstić information content (AvgIpc) is 2.44. The lowest BCUT2D eigenvalue weighted by Crippen LogP contribution is -2.25. The molecule has 5 heteroatoms. The molecular weight excluding hydrogens is 262 g/mol. The SMILES string of the molecule is COCCCNC(=O)CCSc1ccc(OC)cc1. The molecule has 0 heterocycles. The molecule has 0 atom stereocenters. The third-order valence-electron chi connectivity index (χ3n) is 2.50. The van der Waals surface area contributed by atoms with Crippen molar-refractivity contribution in [2.45, 2.75) is 17.7 Å². The second kappa shape index (κ2) is 9.69. The van der Waals surface area contributed by atoms with Crippen LogP contribution in [0.4, 0.5) is 0 Å². The molecule has 1 N–H and O–H groups in total. The second-order valence-electron chi connectivity index (χ2n) is 3.97. The average molecular weight is 283 g/mol. The Balaban J connectivity index is 2.13. The van der Waals surface area contributed by atoms with Crippen molar-refractivity contribution in [1.29, 1.82) is 0 Å². The summed E-state index contributed by atoms with van der Waals surface area (Å²) in [7, 11) is 3.31. The van der Waals surface area contributed by atoms with Crippen molar-refractivity contribution >= 4 is 17.7 Å². The summed E-state index contributed by atoms with van der Waals surface area (Å²) in [4.78, 5) is 12.7. The van der Waals surface area contributed by atoms with E-state index in [9.17, 15) is 4.79 Å². The second-order valence-corrected chi connectivity index (χ2v) is 5.14. The number of benzene rings is 1. The maximum atomic E-state index is 11.5. The molecular formula is C14H21NO3S. The van der Waals surface area contributed by atoms with E-state index in [1.54, 1.807) is 26.0 Å². The Morgan fingerprint density at radius 2 is 2.00 bits per heavy atom. The van der Waals surface area contributed by atoms with Crippen LogP contribution in [0.25, 0.3) is 0 Å². The van der Waals surface area contributed by atoms with Gasteiger partial charge in [-0.1, -0.05) is 0 Å². The van der Waals surface area contributed by atoms with Crippen LogP contribution in [0.5, 0.6) is 5.75 Å². The van der Waals surface area contributed by atoms with Gasteiger partial charge in [-0.3, -0.25) is 4.79 Å². The van der Waals surface area contributed by atoms with Gasteiger partial charge >= 0.3 is 0 Å². The van der Waals surface area contributed by atoms with Crippen molar-refractivity contribution < 1.29 is 14.3 Å². The molecule has 1 rings (SSSR count). The number of hydrogen-bond donors (Lipinski definition) is 1. The van der Waals surface area contributed by atoms with Crippen molar-refractivity contribution in [3.63, 3.8) is 0 Å². The molecule has 0 aliphatic carbocycles. The topological polar surface area (TPSA) is 47.6 Å². The van der Waals surface area contributed by atoms with Crippen LogP contribution >= 0.6 is 11.8 Å². The minimum Gasteiger partial charge on any atom is -0.497 e. The quantitative estimate of drug-likeness (QED) is 0.558. The molecule has 0 saturated carbocycles.